The molecule has 3 nitrogen and oxygen atoms in total. The molecule has 1 N–H and O–H groups in total. The van der Waals surface area contributed by atoms with E-state index in [-0.39, 0.29) is 18.1 Å². The first-order chi connectivity index (χ1) is 7.20. The molecule has 1 fully saturated rings. The second-order valence-electron chi connectivity index (χ2n) is 3.59. The molecule has 1 aromatic carbocycles. The molecule has 4 heteroatoms. The number of methoxy groups -OCH3 is 1. The molecular weight excluding hydrogens is 214 g/mol. The molecule has 1 aliphatic heterocycles. The Morgan fingerprint density at radius 3 is 2.93 bits per heavy atom. The van der Waals surface area contributed by atoms with Crippen molar-refractivity contribution in [3.63, 3.8) is 0 Å². The molecule has 2 atom stereocenters. The van der Waals surface area contributed by atoms with Crippen molar-refractivity contribution in [2.75, 3.05) is 7.11 Å². The number of carbonyl (C=O) groups excluding carboxylic acids is 1. The van der Waals surface area contributed by atoms with Gasteiger partial charge in [0.1, 0.15) is 6.04 Å². The van der Waals surface area contributed by atoms with Gasteiger partial charge in [0, 0.05) is 11.1 Å². The van der Waals surface area contributed by atoms with Crippen LogP contribution in [-0.4, -0.2) is 19.1 Å². The van der Waals surface area contributed by atoms with Crippen molar-refractivity contribution in [3.8, 4) is 0 Å². The molecule has 0 amide bonds. The van der Waals surface area contributed by atoms with Crippen LogP contribution in [0.4, 0.5) is 0 Å². The van der Waals surface area contributed by atoms with Gasteiger partial charge in [-0.25, -0.2) is 0 Å². The van der Waals surface area contributed by atoms with E-state index in [1.807, 2.05) is 24.3 Å². The normalized spacial score (nSPS) is 24.4. The molecular formula is C11H12ClNO2. The van der Waals surface area contributed by atoms with Gasteiger partial charge in [0.2, 0.25) is 0 Å². The molecule has 2 unspecified atom stereocenters. The van der Waals surface area contributed by atoms with Crippen molar-refractivity contribution in [3.05, 3.63) is 34.9 Å². The van der Waals surface area contributed by atoms with Gasteiger partial charge in [-0.15, -0.1) is 0 Å². The fourth-order valence-electron chi connectivity index (χ4n) is 1.72. The Kier molecular flexibility index (Phi) is 2.93. The Balaban J connectivity index is 1.97. The van der Waals surface area contributed by atoms with Gasteiger partial charge in [-0.3, -0.25) is 10.1 Å². The lowest BCUT2D eigenvalue weighted by Crippen LogP contribution is -2.51. The zero-order valence-corrected chi connectivity index (χ0v) is 9.12. The van der Waals surface area contributed by atoms with Crippen molar-refractivity contribution in [2.24, 2.45) is 0 Å². The summed E-state index contributed by atoms with van der Waals surface area (Å²) in [6.45, 7) is 0. The Bertz CT molecular complexity index is 375. The molecule has 0 saturated carbocycles. The first kappa shape index (κ1) is 10.5. The lowest BCUT2D eigenvalue weighted by atomic mass is 9.91. The molecule has 0 aromatic heterocycles. The fraction of sp³-hybridized carbons (Fsp3) is 0.364. The summed E-state index contributed by atoms with van der Waals surface area (Å²) in [6, 6.07) is 7.70. The Morgan fingerprint density at radius 2 is 2.33 bits per heavy atom. The first-order valence-electron chi connectivity index (χ1n) is 4.80. The van der Waals surface area contributed by atoms with E-state index in [9.17, 15) is 4.79 Å². The summed E-state index contributed by atoms with van der Waals surface area (Å²) in [6.07, 6.45) is 0.771. The van der Waals surface area contributed by atoms with Gasteiger partial charge in [0.25, 0.3) is 0 Å². The summed E-state index contributed by atoms with van der Waals surface area (Å²) in [5.74, 6) is -0.201. The number of rotatable bonds is 2. The standard InChI is InChI=1S/C11H12ClNO2/c1-15-11(14)10-6-9(13-10)7-3-2-4-8(12)5-7/h2-5,9-10,13H,6H2,1H3. The van der Waals surface area contributed by atoms with Crippen LogP contribution in [-0.2, 0) is 9.53 Å². The molecule has 0 radical (unpaired) electrons. The number of nitrogens with one attached hydrogen (secondary N) is 1. The summed E-state index contributed by atoms with van der Waals surface area (Å²) in [4.78, 5) is 11.1. The van der Waals surface area contributed by atoms with Crippen LogP contribution < -0.4 is 5.32 Å². The monoisotopic (exact) mass is 225 g/mol. The molecule has 0 aliphatic carbocycles. The van der Waals surface area contributed by atoms with Crippen LogP contribution >= 0.6 is 11.6 Å². The van der Waals surface area contributed by atoms with E-state index in [1.54, 1.807) is 0 Å². The van der Waals surface area contributed by atoms with Gasteiger partial charge >= 0.3 is 5.97 Å². The highest BCUT2D eigenvalue weighted by Crippen LogP contribution is 2.29. The van der Waals surface area contributed by atoms with E-state index in [0.717, 1.165) is 17.0 Å². The van der Waals surface area contributed by atoms with Crippen LogP contribution in [0.3, 0.4) is 0 Å². The minimum Gasteiger partial charge on any atom is -0.468 e. The molecule has 80 valence electrons. The summed E-state index contributed by atoms with van der Waals surface area (Å²) < 4.78 is 4.63. The van der Waals surface area contributed by atoms with E-state index in [1.165, 1.54) is 7.11 Å². The van der Waals surface area contributed by atoms with Gasteiger partial charge in [-0.05, 0) is 24.1 Å². The predicted molar refractivity (Wildman–Crippen MR) is 57.7 cm³/mol. The molecule has 1 aromatic rings. The van der Waals surface area contributed by atoms with Gasteiger partial charge in [0.05, 0.1) is 7.11 Å². The number of esters is 1. The van der Waals surface area contributed by atoms with Crippen molar-refractivity contribution >= 4 is 17.6 Å². The highest BCUT2D eigenvalue weighted by atomic mass is 35.5. The largest absolute Gasteiger partial charge is 0.468 e. The zero-order chi connectivity index (χ0) is 10.8. The number of hydrogen-bond acceptors (Lipinski definition) is 3. The number of halogens is 1. The first-order valence-corrected chi connectivity index (χ1v) is 5.18. The van der Waals surface area contributed by atoms with Crippen molar-refractivity contribution < 1.29 is 9.53 Å². The van der Waals surface area contributed by atoms with Gasteiger partial charge in [-0.1, -0.05) is 23.7 Å². The number of benzene rings is 1. The highest BCUT2D eigenvalue weighted by Gasteiger charge is 2.35. The second kappa shape index (κ2) is 4.21. The van der Waals surface area contributed by atoms with E-state index < -0.39 is 0 Å². The maximum absolute atomic E-state index is 11.1. The smallest absolute Gasteiger partial charge is 0.322 e. The average Bonchev–Trinajstić information content (AvgIpc) is 2.15. The predicted octanol–water partition coefficient (Wildman–Crippen LogP) is 1.92. The Morgan fingerprint density at radius 1 is 1.60 bits per heavy atom. The fourth-order valence-corrected chi connectivity index (χ4v) is 1.92. The van der Waals surface area contributed by atoms with Crippen LogP contribution in [0.1, 0.15) is 18.0 Å². The maximum atomic E-state index is 11.1. The van der Waals surface area contributed by atoms with Crippen molar-refractivity contribution in [1.29, 1.82) is 0 Å². The van der Waals surface area contributed by atoms with E-state index in [0.29, 0.717) is 0 Å². The minimum atomic E-state index is -0.201. The van der Waals surface area contributed by atoms with E-state index in [2.05, 4.69) is 10.1 Å². The highest BCUT2D eigenvalue weighted by molar-refractivity contribution is 6.30. The lowest BCUT2D eigenvalue weighted by Gasteiger charge is -2.35. The number of ether oxygens (including phenoxy) is 1. The number of carbonyl (C=O) groups is 1. The van der Waals surface area contributed by atoms with Gasteiger partial charge in [0.15, 0.2) is 0 Å². The third-order valence-electron chi connectivity index (χ3n) is 2.61. The summed E-state index contributed by atoms with van der Waals surface area (Å²) in [5, 5.41) is 3.86. The Labute approximate surface area is 93.4 Å². The third kappa shape index (κ3) is 2.13. The van der Waals surface area contributed by atoms with Crippen LogP contribution in [0.5, 0.6) is 0 Å². The molecule has 1 aliphatic rings. The molecule has 0 bridgehead atoms. The second-order valence-corrected chi connectivity index (χ2v) is 4.02. The molecule has 2 rings (SSSR count). The summed E-state index contributed by atoms with van der Waals surface area (Å²) >= 11 is 5.88. The summed E-state index contributed by atoms with van der Waals surface area (Å²) in [7, 11) is 1.40. The van der Waals surface area contributed by atoms with Crippen molar-refractivity contribution in [1.82, 2.24) is 5.32 Å². The van der Waals surface area contributed by atoms with E-state index in [4.69, 9.17) is 11.6 Å². The topological polar surface area (TPSA) is 38.3 Å². The van der Waals surface area contributed by atoms with Crippen LogP contribution in [0.2, 0.25) is 5.02 Å². The third-order valence-corrected chi connectivity index (χ3v) is 2.85. The minimum absolute atomic E-state index is 0.168. The van der Waals surface area contributed by atoms with Gasteiger partial charge < -0.3 is 4.74 Å². The molecule has 15 heavy (non-hydrogen) atoms. The Hall–Kier alpha value is -1.06. The average molecular weight is 226 g/mol. The molecule has 0 spiro atoms. The van der Waals surface area contributed by atoms with Crippen LogP contribution in [0.15, 0.2) is 24.3 Å². The SMILES string of the molecule is COC(=O)C1CC(c2cccc(Cl)c2)N1. The number of hydrogen-bond donors (Lipinski definition) is 1. The quantitative estimate of drug-likeness (QED) is 0.782. The lowest BCUT2D eigenvalue weighted by molar-refractivity contribution is -0.146. The van der Waals surface area contributed by atoms with Crippen molar-refractivity contribution in [2.45, 2.75) is 18.5 Å². The molecule has 1 heterocycles. The van der Waals surface area contributed by atoms with Crippen LogP contribution in [0.25, 0.3) is 0 Å². The molecule has 1 saturated heterocycles. The van der Waals surface area contributed by atoms with Crippen LogP contribution in [0, 0.1) is 0 Å². The summed E-state index contributed by atoms with van der Waals surface area (Å²) in [5.41, 5.74) is 1.11. The van der Waals surface area contributed by atoms with E-state index >= 15 is 0 Å². The zero-order valence-electron chi connectivity index (χ0n) is 8.37. The maximum Gasteiger partial charge on any atom is 0.322 e. The van der Waals surface area contributed by atoms with Gasteiger partial charge in [-0.2, -0.15) is 0 Å².